The van der Waals surface area contributed by atoms with E-state index in [4.69, 9.17) is 16.1 Å². The van der Waals surface area contributed by atoms with Crippen molar-refractivity contribution >= 4 is 23.3 Å². The summed E-state index contributed by atoms with van der Waals surface area (Å²) in [6.45, 7) is 4.11. The number of nitrogens with one attached hydrogen (secondary N) is 1. The molecule has 0 fully saturated rings. The van der Waals surface area contributed by atoms with Gasteiger partial charge in [-0.1, -0.05) is 28.9 Å². The van der Waals surface area contributed by atoms with Crippen LogP contribution < -0.4 is 10.6 Å². The summed E-state index contributed by atoms with van der Waals surface area (Å²) in [5.74, 6) is 0.986. The highest BCUT2D eigenvalue weighted by Gasteiger charge is 2.13. The van der Waals surface area contributed by atoms with Gasteiger partial charge in [-0.25, -0.2) is 0 Å². The molecular formula is C14H17ClN3O2+. The third-order valence-electron chi connectivity index (χ3n) is 2.93. The SMILES string of the molecule is Cc1cc(NC(=O)C[NH2+][C@H](C)c2cccc(Cl)c2)no1. The number of carbonyl (C=O) groups is 1. The first-order valence-electron chi connectivity index (χ1n) is 6.36. The quantitative estimate of drug-likeness (QED) is 0.885. The van der Waals surface area contributed by atoms with Crippen LogP contribution in [0.3, 0.4) is 0 Å². The van der Waals surface area contributed by atoms with Gasteiger partial charge in [0.05, 0.1) is 0 Å². The summed E-state index contributed by atoms with van der Waals surface area (Å²) in [5.41, 5.74) is 1.09. The minimum absolute atomic E-state index is 0.118. The number of anilines is 1. The van der Waals surface area contributed by atoms with Crippen LogP contribution in [-0.4, -0.2) is 17.6 Å². The Morgan fingerprint density at radius 2 is 2.30 bits per heavy atom. The van der Waals surface area contributed by atoms with Crippen LogP contribution in [0, 0.1) is 6.92 Å². The summed E-state index contributed by atoms with van der Waals surface area (Å²) in [6, 6.07) is 9.46. The fraction of sp³-hybridized carbons (Fsp3) is 0.286. The Bertz CT molecular complexity index is 598. The number of hydrogen-bond donors (Lipinski definition) is 2. The van der Waals surface area contributed by atoms with Gasteiger partial charge >= 0.3 is 0 Å². The van der Waals surface area contributed by atoms with Crippen molar-refractivity contribution in [2.75, 3.05) is 11.9 Å². The molecule has 2 rings (SSSR count). The van der Waals surface area contributed by atoms with E-state index >= 15 is 0 Å². The van der Waals surface area contributed by atoms with Gasteiger partial charge in [-0.05, 0) is 26.0 Å². The highest BCUT2D eigenvalue weighted by Crippen LogP contribution is 2.14. The van der Waals surface area contributed by atoms with Gasteiger partial charge in [-0.15, -0.1) is 0 Å². The molecule has 0 spiro atoms. The largest absolute Gasteiger partial charge is 0.360 e. The molecule has 0 radical (unpaired) electrons. The molecule has 2 aromatic rings. The van der Waals surface area contributed by atoms with E-state index in [9.17, 15) is 4.79 Å². The smallest absolute Gasteiger partial charge is 0.280 e. The number of nitrogens with two attached hydrogens (primary N) is 1. The van der Waals surface area contributed by atoms with Crippen LogP contribution in [0.5, 0.6) is 0 Å². The lowest BCUT2D eigenvalue weighted by Gasteiger charge is -2.10. The van der Waals surface area contributed by atoms with Crippen molar-refractivity contribution < 1.29 is 14.6 Å². The number of benzene rings is 1. The van der Waals surface area contributed by atoms with Crippen molar-refractivity contribution in [2.24, 2.45) is 0 Å². The average molecular weight is 295 g/mol. The number of carbonyl (C=O) groups excluding carboxylic acids is 1. The second kappa shape index (κ2) is 6.54. The molecule has 1 heterocycles. The molecule has 5 nitrogen and oxygen atoms in total. The maximum Gasteiger partial charge on any atom is 0.280 e. The Labute approximate surface area is 122 Å². The number of aromatic nitrogens is 1. The molecule has 0 bridgehead atoms. The van der Waals surface area contributed by atoms with E-state index in [-0.39, 0.29) is 11.9 Å². The van der Waals surface area contributed by atoms with Crippen molar-refractivity contribution in [2.45, 2.75) is 19.9 Å². The Balaban J connectivity index is 1.84. The number of amides is 1. The maximum atomic E-state index is 11.8. The zero-order valence-corrected chi connectivity index (χ0v) is 12.1. The monoisotopic (exact) mass is 294 g/mol. The first kappa shape index (κ1) is 14.6. The Hall–Kier alpha value is -1.85. The van der Waals surface area contributed by atoms with E-state index in [0.717, 1.165) is 5.56 Å². The standard InChI is InChI=1S/C14H16ClN3O2/c1-9-6-13(18-20-9)17-14(19)8-16-10(2)11-4-3-5-12(15)7-11/h3-7,10,16H,8H2,1-2H3,(H,17,18,19)/p+1/t10-/m1/s1. The number of aryl methyl sites for hydroxylation is 1. The lowest BCUT2D eigenvalue weighted by molar-refractivity contribution is -0.682. The van der Waals surface area contributed by atoms with Crippen LogP contribution in [-0.2, 0) is 4.79 Å². The number of nitrogens with zero attached hydrogens (tertiary/aromatic N) is 1. The van der Waals surface area contributed by atoms with Crippen molar-refractivity contribution in [3.63, 3.8) is 0 Å². The van der Waals surface area contributed by atoms with Gasteiger partial charge in [-0.3, -0.25) is 4.79 Å². The third kappa shape index (κ3) is 4.08. The highest BCUT2D eigenvalue weighted by atomic mass is 35.5. The van der Waals surface area contributed by atoms with E-state index in [0.29, 0.717) is 23.1 Å². The molecule has 1 aromatic heterocycles. The molecular weight excluding hydrogens is 278 g/mol. The van der Waals surface area contributed by atoms with Crippen LogP contribution in [0.25, 0.3) is 0 Å². The highest BCUT2D eigenvalue weighted by molar-refractivity contribution is 6.30. The second-order valence-corrected chi connectivity index (χ2v) is 5.09. The second-order valence-electron chi connectivity index (χ2n) is 4.65. The van der Waals surface area contributed by atoms with Crippen LogP contribution >= 0.6 is 11.6 Å². The Morgan fingerprint density at radius 1 is 1.50 bits per heavy atom. The van der Waals surface area contributed by atoms with Gasteiger partial charge in [0, 0.05) is 16.7 Å². The molecule has 0 saturated carbocycles. The van der Waals surface area contributed by atoms with Gasteiger partial charge in [0.2, 0.25) is 0 Å². The first-order chi connectivity index (χ1) is 9.54. The zero-order chi connectivity index (χ0) is 14.5. The summed E-state index contributed by atoms with van der Waals surface area (Å²) in [5, 5.41) is 9.03. The van der Waals surface area contributed by atoms with Gasteiger partial charge in [-0.2, -0.15) is 0 Å². The van der Waals surface area contributed by atoms with Crippen LogP contribution in [0.4, 0.5) is 5.82 Å². The molecule has 20 heavy (non-hydrogen) atoms. The van der Waals surface area contributed by atoms with Crippen molar-refractivity contribution in [3.8, 4) is 0 Å². The molecule has 0 aliphatic carbocycles. The summed E-state index contributed by atoms with van der Waals surface area (Å²) < 4.78 is 4.88. The van der Waals surface area contributed by atoms with Crippen LogP contribution in [0.2, 0.25) is 5.02 Å². The summed E-state index contributed by atoms with van der Waals surface area (Å²) in [7, 11) is 0. The zero-order valence-electron chi connectivity index (χ0n) is 11.4. The third-order valence-corrected chi connectivity index (χ3v) is 3.16. The maximum absolute atomic E-state index is 11.8. The van der Waals surface area contributed by atoms with E-state index in [1.54, 1.807) is 13.0 Å². The molecule has 0 unspecified atom stereocenters. The van der Waals surface area contributed by atoms with E-state index in [1.807, 2.05) is 36.5 Å². The lowest BCUT2D eigenvalue weighted by Crippen LogP contribution is -2.86. The molecule has 0 saturated heterocycles. The molecule has 1 atom stereocenters. The van der Waals surface area contributed by atoms with Crippen LogP contribution in [0.1, 0.15) is 24.3 Å². The summed E-state index contributed by atoms with van der Waals surface area (Å²) >= 11 is 5.95. The fourth-order valence-electron chi connectivity index (χ4n) is 1.83. The molecule has 1 aromatic carbocycles. The van der Waals surface area contributed by atoms with Gasteiger partial charge < -0.3 is 15.2 Å². The van der Waals surface area contributed by atoms with E-state index in [1.165, 1.54) is 0 Å². The van der Waals surface area contributed by atoms with Gasteiger partial charge in [0.15, 0.2) is 12.4 Å². The molecule has 0 aliphatic rings. The average Bonchev–Trinajstić information content (AvgIpc) is 2.81. The van der Waals surface area contributed by atoms with Gasteiger partial charge in [0.25, 0.3) is 5.91 Å². The first-order valence-corrected chi connectivity index (χ1v) is 6.74. The molecule has 0 aliphatic heterocycles. The van der Waals surface area contributed by atoms with Gasteiger partial charge in [0.1, 0.15) is 11.8 Å². The fourth-order valence-corrected chi connectivity index (χ4v) is 2.03. The van der Waals surface area contributed by atoms with Crippen molar-refractivity contribution in [1.82, 2.24) is 5.16 Å². The minimum Gasteiger partial charge on any atom is -0.360 e. The van der Waals surface area contributed by atoms with Crippen molar-refractivity contribution in [1.29, 1.82) is 0 Å². The topological polar surface area (TPSA) is 71.7 Å². The van der Waals surface area contributed by atoms with E-state index < -0.39 is 0 Å². The Morgan fingerprint density at radius 3 is 2.95 bits per heavy atom. The number of halogens is 1. The predicted octanol–water partition coefficient (Wildman–Crippen LogP) is 1.90. The summed E-state index contributed by atoms with van der Waals surface area (Å²) in [4.78, 5) is 11.8. The minimum atomic E-state index is -0.118. The molecule has 1 amide bonds. The Kier molecular flexibility index (Phi) is 4.76. The van der Waals surface area contributed by atoms with E-state index in [2.05, 4.69) is 10.5 Å². The van der Waals surface area contributed by atoms with Crippen molar-refractivity contribution in [3.05, 3.63) is 46.7 Å². The predicted molar refractivity (Wildman–Crippen MR) is 76.5 cm³/mol. The number of rotatable bonds is 5. The molecule has 6 heteroatoms. The molecule has 106 valence electrons. The van der Waals surface area contributed by atoms with Crippen LogP contribution in [0.15, 0.2) is 34.9 Å². The summed E-state index contributed by atoms with van der Waals surface area (Å²) in [6.07, 6.45) is 0. The number of hydrogen-bond acceptors (Lipinski definition) is 3. The normalized spacial score (nSPS) is 12.2. The number of quaternary nitrogens is 1. The lowest BCUT2D eigenvalue weighted by atomic mass is 10.1. The molecule has 3 N–H and O–H groups in total.